The van der Waals surface area contributed by atoms with Crippen molar-refractivity contribution in [1.82, 2.24) is 0 Å². The molecular formula is C15H16N3OS2-. The largest absolute Gasteiger partial charge is 0.778 e. The molecule has 21 heavy (non-hydrogen) atoms. The lowest BCUT2D eigenvalue weighted by molar-refractivity contribution is 0.204. The maximum atomic E-state index is 9.89. The fourth-order valence-corrected chi connectivity index (χ4v) is 2.24. The molecule has 0 aliphatic heterocycles. The van der Waals surface area contributed by atoms with Gasteiger partial charge in [-0.1, -0.05) is 42.1 Å². The second-order valence-electron chi connectivity index (χ2n) is 4.83. The van der Waals surface area contributed by atoms with Gasteiger partial charge in [0.2, 0.25) is 0 Å². The van der Waals surface area contributed by atoms with E-state index in [0.29, 0.717) is 15.6 Å². The van der Waals surface area contributed by atoms with Crippen LogP contribution >= 0.6 is 12.2 Å². The molecule has 6 heteroatoms. The molecule has 0 saturated heterocycles. The van der Waals surface area contributed by atoms with Crippen molar-refractivity contribution in [3.8, 4) is 0 Å². The van der Waals surface area contributed by atoms with Crippen LogP contribution in [0.25, 0.3) is 0 Å². The normalized spacial score (nSPS) is 21.4. The van der Waals surface area contributed by atoms with Gasteiger partial charge in [-0.2, -0.15) is 10.2 Å². The van der Waals surface area contributed by atoms with Gasteiger partial charge >= 0.3 is 0 Å². The van der Waals surface area contributed by atoms with Gasteiger partial charge in [0.25, 0.3) is 0 Å². The Balaban J connectivity index is 2.10. The Kier molecular flexibility index (Phi) is 5.17. The number of azo groups is 1. The average molecular weight is 318 g/mol. The van der Waals surface area contributed by atoms with Gasteiger partial charge in [-0.25, -0.2) is 0 Å². The zero-order valence-electron chi connectivity index (χ0n) is 11.8. The topological polar surface area (TPSA) is 57.0 Å². The Morgan fingerprint density at radius 3 is 2.81 bits per heavy atom. The standard InChI is InChI=1S/C15H17N3OS2/c1-9-3-5-12(14(19)7-9)18-17-11-4-6-13(15(21)8-11)16-10(2)20/h3-8,12,14,19,21H,1-2H3,(H,16,20)/p-1. The molecule has 1 aromatic carbocycles. The first kappa shape index (κ1) is 15.8. The summed E-state index contributed by atoms with van der Waals surface area (Å²) in [6, 6.07) is 5.02. The third-order valence-electron chi connectivity index (χ3n) is 2.92. The van der Waals surface area contributed by atoms with Crippen molar-refractivity contribution in [2.75, 3.05) is 5.32 Å². The molecule has 2 rings (SSSR count). The van der Waals surface area contributed by atoms with Crippen LogP contribution < -0.4 is 5.32 Å². The number of hydrogen-bond acceptors (Lipinski definition) is 5. The molecule has 4 nitrogen and oxygen atoms in total. The molecule has 0 saturated carbocycles. The highest BCUT2D eigenvalue weighted by atomic mass is 32.1. The van der Waals surface area contributed by atoms with Gasteiger partial charge in [0.15, 0.2) is 0 Å². The third kappa shape index (κ3) is 4.42. The molecule has 0 amide bonds. The van der Waals surface area contributed by atoms with E-state index in [9.17, 15) is 5.11 Å². The van der Waals surface area contributed by atoms with Gasteiger partial charge in [0, 0.05) is 5.69 Å². The lowest BCUT2D eigenvalue weighted by Crippen LogP contribution is -2.21. The first-order chi connectivity index (χ1) is 9.95. The number of nitrogens with one attached hydrogen (secondary N) is 1. The molecule has 2 atom stereocenters. The second kappa shape index (κ2) is 6.89. The van der Waals surface area contributed by atoms with Crippen LogP contribution in [-0.4, -0.2) is 22.2 Å². The van der Waals surface area contributed by atoms with Gasteiger partial charge < -0.3 is 23.1 Å². The van der Waals surface area contributed by atoms with Crippen LogP contribution in [-0.2, 0) is 12.6 Å². The van der Waals surface area contributed by atoms with Gasteiger partial charge in [-0.15, -0.1) is 4.90 Å². The molecular weight excluding hydrogens is 302 g/mol. The predicted octanol–water partition coefficient (Wildman–Crippen LogP) is 3.68. The van der Waals surface area contributed by atoms with Crippen LogP contribution in [0, 0.1) is 0 Å². The van der Waals surface area contributed by atoms with Crippen molar-refractivity contribution in [2.24, 2.45) is 10.2 Å². The molecule has 110 valence electrons. The van der Waals surface area contributed by atoms with E-state index in [0.717, 1.165) is 11.3 Å². The summed E-state index contributed by atoms with van der Waals surface area (Å²) in [6.07, 6.45) is 4.88. The minimum Gasteiger partial charge on any atom is -0.778 e. The van der Waals surface area contributed by atoms with Crippen LogP contribution in [0.1, 0.15) is 13.8 Å². The third-order valence-corrected chi connectivity index (χ3v) is 3.36. The van der Waals surface area contributed by atoms with Crippen molar-refractivity contribution >= 4 is 41.2 Å². The molecule has 0 aromatic heterocycles. The van der Waals surface area contributed by atoms with Crippen LogP contribution in [0.2, 0.25) is 0 Å². The number of hydrogen-bond donors (Lipinski definition) is 2. The quantitative estimate of drug-likeness (QED) is 0.507. The van der Waals surface area contributed by atoms with Gasteiger partial charge in [-0.05, 0) is 26.0 Å². The van der Waals surface area contributed by atoms with E-state index in [1.165, 1.54) is 0 Å². The number of allylic oxidation sites excluding steroid dienone is 2. The van der Waals surface area contributed by atoms with Crippen molar-refractivity contribution in [1.29, 1.82) is 0 Å². The number of benzene rings is 1. The molecule has 0 heterocycles. The molecule has 0 fully saturated rings. The summed E-state index contributed by atoms with van der Waals surface area (Å²) in [6.45, 7) is 3.73. The SMILES string of the molecule is CC(=S)Nc1ccc(N=NC2C=CC(C)=CC2O)cc1[S-]. The number of thiocarbonyl (C=S) groups is 1. The molecule has 0 spiro atoms. The smallest absolute Gasteiger partial charge is 0.119 e. The van der Waals surface area contributed by atoms with E-state index in [-0.39, 0.29) is 6.04 Å². The Labute approximate surface area is 135 Å². The lowest BCUT2D eigenvalue weighted by atomic mass is 10.0. The summed E-state index contributed by atoms with van der Waals surface area (Å²) in [5, 5.41) is 21.2. The average Bonchev–Trinajstić information content (AvgIpc) is 2.40. The van der Waals surface area contributed by atoms with Crippen molar-refractivity contribution < 1.29 is 5.11 Å². The Bertz CT molecular complexity index is 638. The summed E-state index contributed by atoms with van der Waals surface area (Å²) >= 11 is 10.3. The van der Waals surface area contributed by atoms with E-state index in [1.54, 1.807) is 25.1 Å². The van der Waals surface area contributed by atoms with Crippen LogP contribution in [0.4, 0.5) is 11.4 Å². The molecule has 1 aliphatic rings. The predicted molar refractivity (Wildman–Crippen MR) is 91.2 cm³/mol. The highest BCUT2D eigenvalue weighted by Crippen LogP contribution is 2.24. The number of aliphatic hydroxyl groups is 1. The Morgan fingerprint density at radius 2 is 2.19 bits per heavy atom. The Morgan fingerprint density at radius 1 is 1.43 bits per heavy atom. The molecule has 1 aliphatic carbocycles. The van der Waals surface area contributed by atoms with E-state index in [2.05, 4.69) is 15.5 Å². The van der Waals surface area contributed by atoms with Gasteiger partial charge in [0.05, 0.1) is 10.7 Å². The second-order valence-corrected chi connectivity index (χ2v) is 5.88. The summed E-state index contributed by atoms with van der Waals surface area (Å²) in [4.78, 5) is 1.29. The van der Waals surface area contributed by atoms with E-state index < -0.39 is 6.10 Å². The van der Waals surface area contributed by atoms with Crippen molar-refractivity contribution in [2.45, 2.75) is 30.9 Å². The van der Waals surface area contributed by atoms with Crippen molar-refractivity contribution in [3.05, 3.63) is 42.0 Å². The fourth-order valence-electron chi connectivity index (χ4n) is 1.89. The minimum atomic E-state index is -0.639. The monoisotopic (exact) mass is 318 g/mol. The van der Waals surface area contributed by atoms with E-state index >= 15 is 0 Å². The maximum absolute atomic E-state index is 9.89. The highest BCUT2D eigenvalue weighted by molar-refractivity contribution is 7.80. The molecule has 1 aromatic rings. The fraction of sp³-hybridized carbons (Fsp3) is 0.267. The first-order valence-electron chi connectivity index (χ1n) is 6.50. The Hall–Kier alpha value is -1.63. The minimum absolute atomic E-state index is 0.358. The molecule has 0 bridgehead atoms. The zero-order chi connectivity index (χ0) is 15.4. The van der Waals surface area contributed by atoms with E-state index in [1.807, 2.05) is 25.1 Å². The summed E-state index contributed by atoms with van der Waals surface area (Å²) in [7, 11) is 0. The number of rotatable bonds is 3. The maximum Gasteiger partial charge on any atom is 0.119 e. The summed E-state index contributed by atoms with van der Waals surface area (Å²) in [5.74, 6) is 0. The number of anilines is 1. The summed E-state index contributed by atoms with van der Waals surface area (Å²) < 4.78 is 0. The molecule has 0 radical (unpaired) electrons. The van der Waals surface area contributed by atoms with E-state index in [4.69, 9.17) is 24.8 Å². The zero-order valence-corrected chi connectivity index (χ0v) is 13.4. The van der Waals surface area contributed by atoms with Crippen molar-refractivity contribution in [3.63, 3.8) is 0 Å². The van der Waals surface area contributed by atoms with Crippen LogP contribution in [0.5, 0.6) is 0 Å². The highest BCUT2D eigenvalue weighted by Gasteiger charge is 2.16. The number of aliphatic hydroxyl groups excluding tert-OH is 1. The van der Waals surface area contributed by atoms with Gasteiger partial charge in [0.1, 0.15) is 12.1 Å². The molecule has 2 N–H and O–H groups in total. The van der Waals surface area contributed by atoms with Crippen LogP contribution in [0.15, 0.2) is 57.1 Å². The molecule has 2 unspecified atom stereocenters. The number of nitrogens with zero attached hydrogens (tertiary/aromatic N) is 2. The lowest BCUT2D eigenvalue weighted by Gasteiger charge is -2.17. The van der Waals surface area contributed by atoms with Gasteiger partial charge in [-0.3, -0.25) is 0 Å². The first-order valence-corrected chi connectivity index (χ1v) is 7.31. The van der Waals surface area contributed by atoms with Crippen LogP contribution in [0.3, 0.4) is 0 Å². The summed E-state index contributed by atoms with van der Waals surface area (Å²) in [5.41, 5.74) is 2.46.